The molecule has 3 aliphatic heterocycles. The highest BCUT2D eigenvalue weighted by molar-refractivity contribution is 7.92. The molecule has 0 unspecified atom stereocenters. The molecule has 3 heterocycles. The number of nitrogens with zero attached hydrogens (tertiary/aromatic N) is 1. The van der Waals surface area contributed by atoms with E-state index in [1.165, 1.54) is 87.4 Å². The van der Waals surface area contributed by atoms with Crippen molar-refractivity contribution < 1.29 is 12.9 Å². The van der Waals surface area contributed by atoms with Gasteiger partial charge in [0.1, 0.15) is 6.54 Å². The minimum absolute atomic E-state index is 0.634. The van der Waals surface area contributed by atoms with Gasteiger partial charge in [-0.05, 0) is 48.4 Å². The molecule has 0 aliphatic carbocycles. The van der Waals surface area contributed by atoms with Gasteiger partial charge in [-0.2, -0.15) is 0 Å². The van der Waals surface area contributed by atoms with Gasteiger partial charge in [0.2, 0.25) is 10.0 Å². The molecule has 0 aromatic heterocycles. The third-order valence-corrected chi connectivity index (χ3v) is 7.15. The van der Waals surface area contributed by atoms with Crippen LogP contribution in [0.25, 0.3) is 0 Å². The summed E-state index contributed by atoms with van der Waals surface area (Å²) in [7, 11) is -3.21. The molecule has 1 N–H and O–H groups in total. The van der Waals surface area contributed by atoms with Crippen LogP contribution in [0, 0.1) is 5.92 Å². The first kappa shape index (κ1) is 21.4. The molecule has 5 heteroatoms. The number of unbranched alkanes of at least 4 members (excludes halogenated alkanes) is 4. The van der Waals surface area contributed by atoms with Gasteiger partial charge in [0.15, 0.2) is 0 Å². The molecule has 3 fully saturated rings. The summed E-state index contributed by atoms with van der Waals surface area (Å²) in [4.78, 5) is 0. The molecule has 0 atom stereocenters. The van der Waals surface area contributed by atoms with Gasteiger partial charge in [-0.3, -0.25) is 4.72 Å². The Morgan fingerprint density at radius 2 is 1.75 bits per heavy atom. The summed E-state index contributed by atoms with van der Waals surface area (Å²) >= 11 is 0. The van der Waals surface area contributed by atoms with Crippen molar-refractivity contribution in [1.82, 2.24) is 0 Å². The predicted octanol–water partition coefficient (Wildman–Crippen LogP) is 4.74. The third-order valence-electron chi connectivity index (χ3n) is 6.54. The molecule has 0 saturated carbocycles. The zero-order valence-corrected chi connectivity index (χ0v) is 18.4. The Labute approximate surface area is 171 Å². The van der Waals surface area contributed by atoms with Gasteiger partial charge in [-0.25, -0.2) is 8.42 Å². The number of hydrogen-bond acceptors (Lipinski definition) is 2. The summed E-state index contributed by atoms with van der Waals surface area (Å²) in [5, 5.41) is 0. The summed E-state index contributed by atoms with van der Waals surface area (Å²) in [6.07, 6.45) is 14.2. The molecule has 1 aromatic rings. The van der Waals surface area contributed by atoms with E-state index < -0.39 is 10.0 Å². The number of benzene rings is 1. The minimum Gasteiger partial charge on any atom is -0.320 e. The smallest absolute Gasteiger partial charge is 0.229 e. The number of fused-ring (bicyclic) bond motifs is 3. The second-order valence-corrected chi connectivity index (χ2v) is 10.7. The number of allylic oxidation sites excluding steroid dienone is 1. The zero-order valence-electron chi connectivity index (χ0n) is 17.6. The largest absolute Gasteiger partial charge is 0.320 e. The average Bonchev–Trinajstić information content (AvgIpc) is 2.67. The first-order chi connectivity index (χ1) is 13.4. The number of quaternary nitrogens is 1. The van der Waals surface area contributed by atoms with E-state index >= 15 is 0 Å². The van der Waals surface area contributed by atoms with Gasteiger partial charge < -0.3 is 4.48 Å². The molecule has 2 bridgehead atoms. The first-order valence-corrected chi connectivity index (χ1v) is 12.9. The maximum absolute atomic E-state index is 11.3. The fraction of sp³-hybridized carbons (Fsp3) is 0.652. The zero-order chi connectivity index (χ0) is 20.0. The summed E-state index contributed by atoms with van der Waals surface area (Å²) in [5.41, 5.74) is 3.55. The topological polar surface area (TPSA) is 46.2 Å². The van der Waals surface area contributed by atoms with Crippen LogP contribution in [0.15, 0.2) is 35.9 Å². The van der Waals surface area contributed by atoms with E-state index in [0.717, 1.165) is 12.3 Å². The number of anilines is 1. The number of rotatable bonds is 10. The first-order valence-electron chi connectivity index (χ1n) is 11.0. The average molecular weight is 406 g/mol. The van der Waals surface area contributed by atoms with E-state index in [9.17, 15) is 8.42 Å². The molecule has 4 rings (SSSR count). The summed E-state index contributed by atoms with van der Waals surface area (Å²) in [6.45, 7) is 7.65. The molecular weight excluding hydrogens is 368 g/mol. The number of hydrogen-bond donors (Lipinski definition) is 1. The second-order valence-electron chi connectivity index (χ2n) is 8.91. The van der Waals surface area contributed by atoms with Gasteiger partial charge in [0.05, 0.1) is 25.9 Å². The van der Waals surface area contributed by atoms with Crippen molar-refractivity contribution in [2.75, 3.05) is 37.2 Å². The van der Waals surface area contributed by atoms with Crippen molar-refractivity contribution in [2.45, 2.75) is 58.3 Å². The summed E-state index contributed by atoms with van der Waals surface area (Å²) in [5.74, 6) is 0.797. The van der Waals surface area contributed by atoms with Crippen LogP contribution in [0.4, 0.5) is 5.69 Å². The Hall–Kier alpha value is -1.33. The minimum atomic E-state index is -3.21. The van der Waals surface area contributed by atoms with E-state index in [4.69, 9.17) is 0 Å². The van der Waals surface area contributed by atoms with Crippen LogP contribution in [0.2, 0.25) is 0 Å². The van der Waals surface area contributed by atoms with E-state index in [-0.39, 0.29) is 0 Å². The van der Waals surface area contributed by atoms with Crippen molar-refractivity contribution >= 4 is 15.7 Å². The second kappa shape index (κ2) is 9.45. The number of sulfonamides is 1. The standard InChI is InChI=1S/C23H37N2O2S/c1-3-4-5-6-7-16-25-17-14-21(15-18-25)22(19-25)11-8-20-9-12-23(13-10-20)24-28(2,26)27/h9-13,21,24H,3-8,14-19H2,1-2H3/q+1. The number of nitrogens with one attached hydrogen (secondary N) is 1. The van der Waals surface area contributed by atoms with Crippen molar-refractivity contribution in [3.8, 4) is 0 Å². The predicted molar refractivity (Wildman–Crippen MR) is 118 cm³/mol. The maximum Gasteiger partial charge on any atom is 0.229 e. The van der Waals surface area contributed by atoms with Gasteiger partial charge in [-0.15, -0.1) is 0 Å². The Bertz CT molecular complexity index is 760. The highest BCUT2D eigenvalue weighted by Gasteiger charge is 2.41. The highest BCUT2D eigenvalue weighted by atomic mass is 32.2. The molecule has 4 nitrogen and oxygen atoms in total. The van der Waals surface area contributed by atoms with Crippen molar-refractivity contribution in [3.05, 3.63) is 41.5 Å². The van der Waals surface area contributed by atoms with Crippen LogP contribution in [-0.2, 0) is 16.4 Å². The van der Waals surface area contributed by atoms with E-state index in [0.29, 0.717) is 5.69 Å². The van der Waals surface area contributed by atoms with Gasteiger partial charge in [0, 0.05) is 18.5 Å². The Balaban J connectivity index is 1.55. The highest BCUT2D eigenvalue weighted by Crippen LogP contribution is 2.38. The molecule has 28 heavy (non-hydrogen) atoms. The van der Waals surface area contributed by atoms with Gasteiger partial charge in [0.25, 0.3) is 0 Å². The van der Waals surface area contributed by atoms with Gasteiger partial charge in [-0.1, -0.05) is 44.4 Å². The fourth-order valence-electron chi connectivity index (χ4n) is 4.92. The molecule has 3 aliphatic rings. The van der Waals surface area contributed by atoms with Crippen LogP contribution in [0.3, 0.4) is 0 Å². The molecule has 0 amide bonds. The molecule has 1 aromatic carbocycles. The molecule has 156 valence electrons. The Morgan fingerprint density at radius 1 is 1.07 bits per heavy atom. The molecule has 0 spiro atoms. The van der Waals surface area contributed by atoms with Crippen LogP contribution in [0.5, 0.6) is 0 Å². The Morgan fingerprint density at radius 3 is 2.39 bits per heavy atom. The lowest BCUT2D eigenvalue weighted by Crippen LogP contribution is -2.59. The lowest BCUT2D eigenvalue weighted by Gasteiger charge is -2.50. The molecular formula is C23H37N2O2S+. The van der Waals surface area contributed by atoms with Crippen LogP contribution >= 0.6 is 0 Å². The summed E-state index contributed by atoms with van der Waals surface area (Å²) in [6, 6.07) is 7.78. The SMILES string of the molecule is CCCCCCC[N+]12CCC(CC1)C(=CCc1ccc(NS(C)(=O)=O)cc1)C2. The normalized spacial score (nSPS) is 25.9. The Kier molecular flexibility index (Phi) is 7.21. The van der Waals surface area contributed by atoms with Crippen LogP contribution in [-0.4, -0.2) is 45.3 Å². The van der Waals surface area contributed by atoms with Crippen molar-refractivity contribution in [3.63, 3.8) is 0 Å². The van der Waals surface area contributed by atoms with Crippen molar-refractivity contribution in [1.29, 1.82) is 0 Å². The molecule has 3 saturated heterocycles. The quantitative estimate of drug-likeness (QED) is 0.347. The lowest BCUT2D eigenvalue weighted by atomic mass is 9.80. The van der Waals surface area contributed by atoms with E-state index in [1.54, 1.807) is 5.57 Å². The fourth-order valence-corrected chi connectivity index (χ4v) is 5.48. The maximum atomic E-state index is 11.3. The summed E-state index contributed by atoms with van der Waals surface area (Å²) < 4.78 is 26.5. The number of piperidine rings is 3. The van der Waals surface area contributed by atoms with E-state index in [1.807, 2.05) is 24.3 Å². The van der Waals surface area contributed by atoms with Gasteiger partial charge >= 0.3 is 0 Å². The lowest BCUT2D eigenvalue weighted by molar-refractivity contribution is -0.936. The third kappa shape index (κ3) is 6.08. The molecule has 0 radical (unpaired) electrons. The van der Waals surface area contributed by atoms with Crippen molar-refractivity contribution in [2.24, 2.45) is 5.92 Å². The van der Waals surface area contributed by atoms with E-state index in [2.05, 4.69) is 17.7 Å². The monoisotopic (exact) mass is 405 g/mol. The van der Waals surface area contributed by atoms with Crippen LogP contribution < -0.4 is 4.72 Å². The van der Waals surface area contributed by atoms with Crippen LogP contribution in [0.1, 0.15) is 57.4 Å².